The average molecular weight is 444 g/mol. The largest absolute Gasteiger partial charge is 0.495 e. The Balaban J connectivity index is 1.98. The third-order valence-corrected chi connectivity index (χ3v) is 5.40. The van der Waals surface area contributed by atoms with Crippen LogP contribution in [-0.4, -0.2) is 22.5 Å². The summed E-state index contributed by atoms with van der Waals surface area (Å²) >= 11 is 0. The number of benzene rings is 2. The highest BCUT2D eigenvalue weighted by atomic mass is 16.6. The number of aryl methyl sites for hydroxylation is 1. The molecular weight excluding hydrogens is 420 g/mol. The van der Waals surface area contributed by atoms with Crippen LogP contribution in [0, 0.1) is 35.3 Å². The highest BCUT2D eigenvalue weighted by Gasteiger charge is 2.19. The number of carbonyl (C=O) groups excluding carboxylic acids is 1. The van der Waals surface area contributed by atoms with E-state index in [9.17, 15) is 20.2 Å². The van der Waals surface area contributed by atoms with Crippen LogP contribution in [-0.2, 0) is 4.79 Å². The molecule has 3 rings (SSSR count). The quantitative estimate of drug-likeness (QED) is 0.244. The number of hydrogen-bond donors (Lipinski definition) is 1. The average Bonchev–Trinajstić information content (AvgIpc) is 3.09. The van der Waals surface area contributed by atoms with Crippen molar-refractivity contribution in [1.29, 1.82) is 5.26 Å². The van der Waals surface area contributed by atoms with Gasteiger partial charge in [-0.15, -0.1) is 0 Å². The number of aromatic nitrogens is 1. The van der Waals surface area contributed by atoms with E-state index in [1.165, 1.54) is 25.3 Å². The molecule has 0 aliphatic heterocycles. The van der Waals surface area contributed by atoms with Gasteiger partial charge in [0.05, 0.1) is 23.8 Å². The molecule has 1 atom stereocenters. The summed E-state index contributed by atoms with van der Waals surface area (Å²) in [6.45, 7) is 5.51. The molecular formula is C25H24N4O4. The lowest BCUT2D eigenvalue weighted by Gasteiger charge is -2.14. The third kappa shape index (κ3) is 4.93. The lowest BCUT2D eigenvalue weighted by atomic mass is 10.1. The van der Waals surface area contributed by atoms with Crippen LogP contribution >= 0.6 is 0 Å². The van der Waals surface area contributed by atoms with E-state index in [0.29, 0.717) is 22.7 Å². The summed E-state index contributed by atoms with van der Waals surface area (Å²) in [6.07, 6.45) is 1.52. The van der Waals surface area contributed by atoms with Crippen molar-refractivity contribution in [3.63, 3.8) is 0 Å². The molecule has 168 valence electrons. The Bertz CT molecular complexity index is 1270. The molecule has 0 bridgehead atoms. The third-order valence-electron chi connectivity index (χ3n) is 5.40. The lowest BCUT2D eigenvalue weighted by molar-refractivity contribution is -0.384. The van der Waals surface area contributed by atoms with Crippen LogP contribution in [0.15, 0.2) is 60.2 Å². The second-order valence-corrected chi connectivity index (χ2v) is 7.55. The summed E-state index contributed by atoms with van der Waals surface area (Å²) in [5.41, 5.74) is 3.46. The van der Waals surface area contributed by atoms with Gasteiger partial charge in [0, 0.05) is 23.5 Å². The van der Waals surface area contributed by atoms with Gasteiger partial charge in [0.25, 0.3) is 11.6 Å². The van der Waals surface area contributed by atoms with Gasteiger partial charge in [-0.25, -0.2) is 0 Å². The van der Waals surface area contributed by atoms with Crippen LogP contribution in [0.4, 0.5) is 5.69 Å². The summed E-state index contributed by atoms with van der Waals surface area (Å²) in [6, 6.07) is 17.4. The Kier molecular flexibility index (Phi) is 6.94. The molecule has 1 aromatic heterocycles. The molecule has 0 saturated heterocycles. The molecule has 8 nitrogen and oxygen atoms in total. The predicted molar refractivity (Wildman–Crippen MR) is 125 cm³/mol. The van der Waals surface area contributed by atoms with Gasteiger partial charge in [-0.3, -0.25) is 14.9 Å². The highest BCUT2D eigenvalue weighted by molar-refractivity contribution is 6.02. The molecule has 0 radical (unpaired) electrons. The predicted octanol–water partition coefficient (Wildman–Crippen LogP) is 4.80. The molecule has 3 aromatic rings. The van der Waals surface area contributed by atoms with Gasteiger partial charge < -0.3 is 14.6 Å². The van der Waals surface area contributed by atoms with Crippen molar-refractivity contribution >= 4 is 17.7 Å². The van der Waals surface area contributed by atoms with E-state index in [0.717, 1.165) is 11.3 Å². The molecule has 1 amide bonds. The van der Waals surface area contributed by atoms with Gasteiger partial charge in [0.1, 0.15) is 17.4 Å². The zero-order chi connectivity index (χ0) is 24.1. The van der Waals surface area contributed by atoms with Crippen molar-refractivity contribution in [3.8, 4) is 17.5 Å². The van der Waals surface area contributed by atoms with Crippen molar-refractivity contribution in [3.05, 3.63) is 92.8 Å². The minimum absolute atomic E-state index is 0.0379. The second kappa shape index (κ2) is 9.83. The normalized spacial score (nSPS) is 12.0. The van der Waals surface area contributed by atoms with Crippen LogP contribution in [0.3, 0.4) is 0 Å². The number of nitriles is 1. The minimum atomic E-state index is -0.480. The van der Waals surface area contributed by atoms with E-state index in [4.69, 9.17) is 4.74 Å². The first kappa shape index (κ1) is 23.3. The number of ether oxygens (including phenoxy) is 1. The Hall–Kier alpha value is -4.38. The van der Waals surface area contributed by atoms with Crippen LogP contribution in [0.2, 0.25) is 0 Å². The zero-order valence-corrected chi connectivity index (χ0v) is 18.8. The van der Waals surface area contributed by atoms with Gasteiger partial charge in [-0.2, -0.15) is 5.26 Å². The molecule has 0 fully saturated rings. The van der Waals surface area contributed by atoms with Crippen molar-refractivity contribution < 1.29 is 14.5 Å². The number of nitro groups is 1. The maximum atomic E-state index is 12.8. The molecule has 0 aliphatic carbocycles. The van der Waals surface area contributed by atoms with E-state index >= 15 is 0 Å². The molecule has 1 heterocycles. The Morgan fingerprint density at radius 2 is 1.91 bits per heavy atom. The molecule has 0 aliphatic rings. The number of non-ortho nitro benzene ring substituents is 1. The summed E-state index contributed by atoms with van der Waals surface area (Å²) in [7, 11) is 1.49. The molecule has 0 saturated carbocycles. The summed E-state index contributed by atoms with van der Waals surface area (Å²) in [5.74, 6) is -0.0144. The molecule has 8 heteroatoms. The first-order valence-corrected chi connectivity index (χ1v) is 10.3. The van der Waals surface area contributed by atoms with E-state index < -0.39 is 10.8 Å². The van der Waals surface area contributed by atoms with Crippen LogP contribution in [0.1, 0.15) is 35.5 Å². The monoisotopic (exact) mass is 444 g/mol. The van der Waals surface area contributed by atoms with E-state index in [2.05, 4.69) is 5.32 Å². The molecule has 33 heavy (non-hydrogen) atoms. The van der Waals surface area contributed by atoms with Gasteiger partial charge >= 0.3 is 0 Å². The smallest absolute Gasteiger partial charge is 0.271 e. The molecule has 1 N–H and O–H groups in total. The van der Waals surface area contributed by atoms with Gasteiger partial charge in [0.15, 0.2) is 0 Å². The fourth-order valence-corrected chi connectivity index (χ4v) is 3.67. The second-order valence-electron chi connectivity index (χ2n) is 7.55. The van der Waals surface area contributed by atoms with E-state index in [-0.39, 0.29) is 17.3 Å². The van der Waals surface area contributed by atoms with Crippen LogP contribution in [0.5, 0.6) is 5.75 Å². The number of amides is 1. The lowest BCUT2D eigenvalue weighted by Crippen LogP contribution is -2.27. The number of carbonyl (C=O) groups is 1. The molecule has 0 spiro atoms. The minimum Gasteiger partial charge on any atom is -0.495 e. The standard InChI is InChI=1S/C25H24N4O4/c1-16-12-20(13-21(15-26)25(30)27-17(2)19-8-6-5-7-9-19)18(3)28(16)23-14-22(29(31)32)10-11-24(23)33-4/h5-14,17H,1-4H3,(H,27,30)/b21-13-/t17-/m0/s1. The maximum absolute atomic E-state index is 12.8. The SMILES string of the molecule is COc1ccc([N+](=O)[O-])cc1-n1c(C)cc(/C=C(/C#N)C(=O)N[C@@H](C)c2ccccc2)c1C. The van der Waals surface area contributed by atoms with Crippen molar-refractivity contribution in [1.82, 2.24) is 9.88 Å². The molecule has 2 aromatic carbocycles. The van der Waals surface area contributed by atoms with Crippen molar-refractivity contribution in [2.45, 2.75) is 26.8 Å². The van der Waals surface area contributed by atoms with Gasteiger partial charge in [-0.05, 0) is 50.1 Å². The van der Waals surface area contributed by atoms with Crippen molar-refractivity contribution in [2.24, 2.45) is 0 Å². The summed E-state index contributed by atoms with van der Waals surface area (Å²) < 4.78 is 7.21. The Morgan fingerprint density at radius 1 is 1.21 bits per heavy atom. The molecule has 0 unspecified atom stereocenters. The Morgan fingerprint density at radius 3 is 2.52 bits per heavy atom. The van der Waals surface area contributed by atoms with Crippen LogP contribution < -0.4 is 10.1 Å². The Labute approximate surface area is 191 Å². The number of hydrogen-bond acceptors (Lipinski definition) is 5. The van der Waals surface area contributed by atoms with Gasteiger partial charge in [-0.1, -0.05) is 30.3 Å². The number of nitro benzene ring substituents is 1. The van der Waals surface area contributed by atoms with Crippen molar-refractivity contribution in [2.75, 3.05) is 7.11 Å². The first-order valence-electron chi connectivity index (χ1n) is 10.3. The van der Waals surface area contributed by atoms with E-state index in [1.54, 1.807) is 10.6 Å². The number of nitrogens with zero attached hydrogens (tertiary/aromatic N) is 3. The maximum Gasteiger partial charge on any atom is 0.271 e. The number of nitrogens with one attached hydrogen (secondary N) is 1. The van der Waals surface area contributed by atoms with Crippen LogP contribution in [0.25, 0.3) is 11.8 Å². The fraction of sp³-hybridized carbons (Fsp3) is 0.200. The zero-order valence-electron chi connectivity index (χ0n) is 18.8. The highest BCUT2D eigenvalue weighted by Crippen LogP contribution is 2.32. The summed E-state index contributed by atoms with van der Waals surface area (Å²) in [4.78, 5) is 23.6. The number of rotatable bonds is 7. The fourth-order valence-electron chi connectivity index (χ4n) is 3.67. The first-order chi connectivity index (χ1) is 15.8. The van der Waals surface area contributed by atoms with E-state index in [1.807, 2.05) is 63.2 Å². The summed E-state index contributed by atoms with van der Waals surface area (Å²) in [5, 5.41) is 23.7. The topological polar surface area (TPSA) is 110 Å². The number of methoxy groups -OCH3 is 1. The van der Waals surface area contributed by atoms with Gasteiger partial charge in [0.2, 0.25) is 0 Å².